The summed E-state index contributed by atoms with van der Waals surface area (Å²) >= 11 is 0. The van der Waals surface area contributed by atoms with Crippen LogP contribution in [0.3, 0.4) is 0 Å². The summed E-state index contributed by atoms with van der Waals surface area (Å²) in [6.07, 6.45) is 3.85. The van der Waals surface area contributed by atoms with Crippen LogP contribution >= 0.6 is 0 Å². The zero-order valence-electron chi connectivity index (χ0n) is 11.2. The lowest BCUT2D eigenvalue weighted by atomic mass is 9.79. The van der Waals surface area contributed by atoms with E-state index in [1.165, 1.54) is 24.8 Å². The molecule has 0 heterocycles. The molecule has 0 radical (unpaired) electrons. The molecule has 0 aromatic heterocycles. The van der Waals surface area contributed by atoms with Gasteiger partial charge in [-0.3, -0.25) is 4.79 Å². The molecule has 0 aliphatic heterocycles. The number of carbonyl (C=O) groups is 1. The van der Waals surface area contributed by atoms with E-state index in [9.17, 15) is 4.79 Å². The van der Waals surface area contributed by atoms with Crippen LogP contribution in [-0.2, 0) is 0 Å². The van der Waals surface area contributed by atoms with Crippen molar-refractivity contribution in [3.8, 4) is 0 Å². The Morgan fingerprint density at radius 2 is 1.68 bits per heavy atom. The molecule has 1 aliphatic rings. The molecule has 0 amide bonds. The van der Waals surface area contributed by atoms with E-state index in [2.05, 4.69) is 12.1 Å². The molecule has 1 nitrogen and oxygen atoms in total. The molecule has 1 saturated carbocycles. The highest BCUT2D eigenvalue weighted by Gasteiger charge is 2.20. The van der Waals surface area contributed by atoms with E-state index < -0.39 is 0 Å². The quantitative estimate of drug-likeness (QED) is 0.733. The van der Waals surface area contributed by atoms with Gasteiger partial charge in [0.2, 0.25) is 0 Å². The van der Waals surface area contributed by atoms with Crippen LogP contribution in [-0.4, -0.2) is 5.78 Å². The van der Waals surface area contributed by atoms with Crippen molar-refractivity contribution in [2.45, 2.75) is 32.1 Å². The van der Waals surface area contributed by atoms with Crippen molar-refractivity contribution in [1.29, 1.82) is 0 Å². The second-order valence-corrected chi connectivity index (χ2v) is 5.45. The van der Waals surface area contributed by atoms with Crippen LogP contribution in [0.5, 0.6) is 0 Å². The van der Waals surface area contributed by atoms with E-state index in [4.69, 9.17) is 0 Å². The van der Waals surface area contributed by atoms with E-state index >= 15 is 0 Å². The molecule has 3 rings (SSSR count). The van der Waals surface area contributed by atoms with E-state index in [0.717, 1.165) is 16.7 Å². The number of hydrogen-bond acceptors (Lipinski definition) is 1. The van der Waals surface area contributed by atoms with Gasteiger partial charge in [0, 0.05) is 11.1 Å². The second kappa shape index (κ2) is 5.00. The third-order valence-electron chi connectivity index (χ3n) is 4.01. The first-order valence-corrected chi connectivity index (χ1v) is 6.95. The Morgan fingerprint density at radius 3 is 2.32 bits per heavy atom. The Kier molecular flexibility index (Phi) is 3.20. The Labute approximate surface area is 114 Å². The summed E-state index contributed by atoms with van der Waals surface area (Å²) in [5.41, 5.74) is 4.05. The van der Waals surface area contributed by atoms with Crippen LogP contribution in [0.2, 0.25) is 0 Å². The molecular weight excluding hydrogens is 232 g/mol. The molecule has 1 fully saturated rings. The predicted molar refractivity (Wildman–Crippen MR) is 77.6 cm³/mol. The van der Waals surface area contributed by atoms with Gasteiger partial charge in [-0.05, 0) is 43.4 Å². The first kappa shape index (κ1) is 12.2. The summed E-state index contributed by atoms with van der Waals surface area (Å²) in [5, 5.41) is 0. The maximum atomic E-state index is 12.5. The fourth-order valence-electron chi connectivity index (χ4n) is 2.63. The Morgan fingerprint density at radius 1 is 1.00 bits per heavy atom. The second-order valence-electron chi connectivity index (χ2n) is 5.45. The molecule has 0 atom stereocenters. The molecular formula is C18H18O. The smallest absolute Gasteiger partial charge is 0.193 e. The molecule has 0 N–H and O–H groups in total. The van der Waals surface area contributed by atoms with Gasteiger partial charge in [0.1, 0.15) is 0 Å². The SMILES string of the molecule is Cc1cccc(C(=O)c2cccc(C3CCC3)c2)c1. The number of aryl methyl sites for hydroxylation is 1. The highest BCUT2D eigenvalue weighted by Crippen LogP contribution is 2.36. The minimum Gasteiger partial charge on any atom is -0.289 e. The van der Waals surface area contributed by atoms with E-state index in [1.54, 1.807) is 0 Å². The van der Waals surface area contributed by atoms with Gasteiger partial charge in [0.15, 0.2) is 5.78 Å². The Bertz CT molecular complexity index is 609. The van der Waals surface area contributed by atoms with E-state index in [1.807, 2.05) is 43.3 Å². The highest BCUT2D eigenvalue weighted by molar-refractivity contribution is 6.09. The average molecular weight is 250 g/mol. The summed E-state index contributed by atoms with van der Waals surface area (Å²) in [6.45, 7) is 2.02. The Hall–Kier alpha value is -1.89. The van der Waals surface area contributed by atoms with Crippen LogP contribution in [0.15, 0.2) is 48.5 Å². The number of benzene rings is 2. The molecule has 2 aromatic carbocycles. The fraction of sp³-hybridized carbons (Fsp3) is 0.278. The van der Waals surface area contributed by atoms with Crippen LogP contribution in [0.4, 0.5) is 0 Å². The predicted octanol–water partition coefficient (Wildman–Crippen LogP) is 4.49. The molecule has 2 aromatic rings. The van der Waals surface area contributed by atoms with E-state index in [0.29, 0.717) is 5.92 Å². The van der Waals surface area contributed by atoms with Gasteiger partial charge in [-0.1, -0.05) is 48.4 Å². The van der Waals surface area contributed by atoms with Gasteiger partial charge in [-0.15, -0.1) is 0 Å². The van der Waals surface area contributed by atoms with E-state index in [-0.39, 0.29) is 5.78 Å². The lowest BCUT2D eigenvalue weighted by Crippen LogP contribution is -2.10. The van der Waals surface area contributed by atoms with Crippen LogP contribution in [0.25, 0.3) is 0 Å². The zero-order chi connectivity index (χ0) is 13.2. The normalized spacial score (nSPS) is 15.0. The molecule has 0 spiro atoms. The van der Waals surface area contributed by atoms with Gasteiger partial charge in [0.25, 0.3) is 0 Å². The van der Waals surface area contributed by atoms with Gasteiger partial charge in [-0.25, -0.2) is 0 Å². The molecule has 96 valence electrons. The summed E-state index contributed by atoms with van der Waals surface area (Å²) in [5.74, 6) is 0.801. The molecule has 1 aliphatic carbocycles. The van der Waals surface area contributed by atoms with Crippen molar-refractivity contribution in [1.82, 2.24) is 0 Å². The van der Waals surface area contributed by atoms with Gasteiger partial charge >= 0.3 is 0 Å². The molecule has 19 heavy (non-hydrogen) atoms. The summed E-state index contributed by atoms with van der Waals surface area (Å²) < 4.78 is 0. The van der Waals surface area contributed by atoms with Crippen LogP contribution in [0, 0.1) is 6.92 Å². The average Bonchev–Trinajstić information content (AvgIpc) is 2.36. The lowest BCUT2D eigenvalue weighted by molar-refractivity contribution is 0.103. The topological polar surface area (TPSA) is 17.1 Å². The number of carbonyl (C=O) groups excluding carboxylic acids is 1. The monoisotopic (exact) mass is 250 g/mol. The molecule has 1 heteroatoms. The minimum absolute atomic E-state index is 0.130. The van der Waals surface area contributed by atoms with Crippen LogP contribution in [0.1, 0.15) is 52.2 Å². The largest absolute Gasteiger partial charge is 0.289 e. The van der Waals surface area contributed by atoms with Crippen molar-refractivity contribution < 1.29 is 4.79 Å². The number of ketones is 1. The third-order valence-corrected chi connectivity index (χ3v) is 4.01. The third kappa shape index (κ3) is 2.46. The van der Waals surface area contributed by atoms with Crippen molar-refractivity contribution in [2.75, 3.05) is 0 Å². The minimum atomic E-state index is 0.130. The number of rotatable bonds is 3. The molecule has 0 bridgehead atoms. The summed E-state index contributed by atoms with van der Waals surface area (Å²) in [7, 11) is 0. The van der Waals surface area contributed by atoms with Crippen molar-refractivity contribution >= 4 is 5.78 Å². The van der Waals surface area contributed by atoms with Crippen molar-refractivity contribution in [2.24, 2.45) is 0 Å². The zero-order valence-corrected chi connectivity index (χ0v) is 11.2. The lowest BCUT2D eigenvalue weighted by Gasteiger charge is -2.26. The Balaban J connectivity index is 1.91. The summed E-state index contributed by atoms with van der Waals surface area (Å²) in [4.78, 5) is 12.5. The maximum Gasteiger partial charge on any atom is 0.193 e. The fourth-order valence-corrected chi connectivity index (χ4v) is 2.63. The van der Waals surface area contributed by atoms with Crippen molar-refractivity contribution in [3.05, 3.63) is 70.8 Å². The molecule has 0 unspecified atom stereocenters. The summed E-state index contributed by atoms with van der Waals surface area (Å²) in [6, 6.07) is 16.0. The van der Waals surface area contributed by atoms with Gasteiger partial charge in [0.05, 0.1) is 0 Å². The van der Waals surface area contributed by atoms with Crippen molar-refractivity contribution in [3.63, 3.8) is 0 Å². The first-order valence-electron chi connectivity index (χ1n) is 6.95. The maximum absolute atomic E-state index is 12.5. The highest BCUT2D eigenvalue weighted by atomic mass is 16.1. The standard InChI is InChI=1S/C18H18O/c1-13-5-2-9-16(11-13)18(19)17-10-4-8-15(12-17)14-6-3-7-14/h2,4-5,8-12,14H,3,6-7H2,1H3. The van der Waals surface area contributed by atoms with Crippen LogP contribution < -0.4 is 0 Å². The van der Waals surface area contributed by atoms with Gasteiger partial charge < -0.3 is 0 Å². The number of hydrogen-bond donors (Lipinski definition) is 0. The molecule has 0 saturated heterocycles. The van der Waals surface area contributed by atoms with Gasteiger partial charge in [-0.2, -0.15) is 0 Å². The first-order chi connectivity index (χ1) is 9.24.